The van der Waals surface area contributed by atoms with Crippen molar-refractivity contribution in [2.24, 2.45) is 5.92 Å². The first-order valence-corrected chi connectivity index (χ1v) is 18.2. The summed E-state index contributed by atoms with van der Waals surface area (Å²) in [5, 5.41) is 3.74. The zero-order valence-corrected chi connectivity index (χ0v) is 28.5. The molecule has 2 aliphatic carbocycles. The monoisotopic (exact) mass is 666 g/mol. The second-order valence-electron chi connectivity index (χ2n) is 14.1. The van der Waals surface area contributed by atoms with Gasteiger partial charge in [0.15, 0.2) is 5.82 Å². The Morgan fingerprint density at radius 1 is 0.538 bits per heavy atom. The molecule has 4 nitrogen and oxygen atoms in total. The molecule has 9 aromatic rings. The maximum absolute atomic E-state index is 5.39. The molecule has 0 bridgehead atoms. The Bertz CT molecular complexity index is 2900. The fraction of sp³-hybridized carbons (Fsp3) is 0.0833. The van der Waals surface area contributed by atoms with Gasteiger partial charge >= 0.3 is 0 Å². The van der Waals surface area contributed by atoms with Crippen molar-refractivity contribution >= 4 is 55.4 Å². The van der Waals surface area contributed by atoms with Crippen LogP contribution in [0.1, 0.15) is 35.6 Å². The molecular formula is C48H34N4. The maximum atomic E-state index is 5.39. The number of nitrogens with zero attached hydrogens (tertiary/aromatic N) is 4. The van der Waals surface area contributed by atoms with Gasteiger partial charge in [-0.2, -0.15) is 0 Å². The summed E-state index contributed by atoms with van der Waals surface area (Å²) >= 11 is 0. The number of allylic oxidation sites excluding steroid dienone is 3. The van der Waals surface area contributed by atoms with Crippen molar-refractivity contribution in [3.63, 3.8) is 0 Å². The topological polar surface area (TPSA) is 35.6 Å². The van der Waals surface area contributed by atoms with Crippen molar-refractivity contribution < 1.29 is 0 Å². The van der Waals surface area contributed by atoms with Crippen LogP contribution in [0.3, 0.4) is 0 Å². The van der Waals surface area contributed by atoms with Gasteiger partial charge in [0, 0.05) is 33.3 Å². The van der Waals surface area contributed by atoms with E-state index in [-0.39, 0.29) is 0 Å². The molecule has 4 heteroatoms. The Hall–Kier alpha value is -6.52. The Kier molecular flexibility index (Phi) is 6.47. The van der Waals surface area contributed by atoms with Crippen molar-refractivity contribution in [1.29, 1.82) is 0 Å². The first-order chi connectivity index (χ1) is 25.8. The standard InChI is InChI=1S/C48H34N4/c1-4-16-31(17-5-1)37-29-45-46(36-24-11-10-22-34(36)37)39-28-38-35-23-12-15-27-42(35)52(43(38)30-44(39)51(45)33-20-8-3-9-21-33)48-47(32-18-6-2-7-19-32)49-40-25-13-14-26-41(40)50-48/h1-9,11-21,23-30,34,36H,10,22H2. The summed E-state index contributed by atoms with van der Waals surface area (Å²) < 4.78 is 4.85. The van der Waals surface area contributed by atoms with E-state index in [0.29, 0.717) is 11.8 Å². The number of para-hydroxylation sites is 4. The van der Waals surface area contributed by atoms with E-state index in [1.165, 1.54) is 44.1 Å². The van der Waals surface area contributed by atoms with E-state index in [1.807, 2.05) is 12.1 Å². The van der Waals surface area contributed by atoms with Crippen molar-refractivity contribution in [3.8, 4) is 22.8 Å². The number of hydrogen-bond acceptors (Lipinski definition) is 2. The molecule has 3 heterocycles. The lowest BCUT2D eigenvalue weighted by Gasteiger charge is -2.34. The average molecular weight is 667 g/mol. The lowest BCUT2D eigenvalue weighted by atomic mass is 9.69. The van der Waals surface area contributed by atoms with E-state index in [0.717, 1.165) is 57.7 Å². The van der Waals surface area contributed by atoms with Crippen LogP contribution in [-0.2, 0) is 0 Å². The summed E-state index contributed by atoms with van der Waals surface area (Å²) in [6.45, 7) is 0. The van der Waals surface area contributed by atoms with Crippen LogP contribution in [0.25, 0.3) is 78.2 Å². The van der Waals surface area contributed by atoms with Crippen molar-refractivity contribution in [1.82, 2.24) is 19.1 Å². The van der Waals surface area contributed by atoms with E-state index in [1.54, 1.807) is 0 Å². The number of fused-ring (bicyclic) bond motifs is 9. The van der Waals surface area contributed by atoms with Gasteiger partial charge in [0.2, 0.25) is 0 Å². The third kappa shape index (κ3) is 4.34. The zero-order valence-electron chi connectivity index (χ0n) is 28.5. The minimum absolute atomic E-state index is 0.290. The van der Waals surface area contributed by atoms with E-state index >= 15 is 0 Å². The van der Waals surface area contributed by atoms with Gasteiger partial charge < -0.3 is 4.57 Å². The Morgan fingerprint density at radius 2 is 1.19 bits per heavy atom. The van der Waals surface area contributed by atoms with Gasteiger partial charge in [0.1, 0.15) is 5.69 Å². The second-order valence-corrected chi connectivity index (χ2v) is 14.1. The molecule has 6 aromatic carbocycles. The lowest BCUT2D eigenvalue weighted by Crippen LogP contribution is -2.20. The summed E-state index contributed by atoms with van der Waals surface area (Å²) in [4.78, 5) is 10.7. The molecule has 0 fully saturated rings. The molecule has 0 radical (unpaired) electrons. The summed E-state index contributed by atoms with van der Waals surface area (Å²) in [7, 11) is 0. The van der Waals surface area contributed by atoms with Crippen LogP contribution in [0.4, 0.5) is 0 Å². The SMILES string of the molecule is C1=CC2c3c(n(-c4ccccc4)c4cc5c(cc34)c3ccccc3n5-c3nc4ccccc4nc3-c3ccccc3)C=C(c3ccccc3)C2CC1. The summed E-state index contributed by atoms with van der Waals surface area (Å²) in [6, 6.07) is 54.2. The molecule has 0 aliphatic heterocycles. The molecular weight excluding hydrogens is 633 g/mol. The van der Waals surface area contributed by atoms with Gasteiger partial charge in [-0.25, -0.2) is 9.97 Å². The van der Waals surface area contributed by atoms with Crippen LogP contribution in [-0.4, -0.2) is 19.1 Å². The predicted molar refractivity (Wildman–Crippen MR) is 215 cm³/mol. The highest BCUT2D eigenvalue weighted by molar-refractivity contribution is 6.15. The lowest BCUT2D eigenvalue weighted by molar-refractivity contribution is 0.532. The second kappa shape index (κ2) is 11.5. The van der Waals surface area contributed by atoms with E-state index < -0.39 is 0 Å². The van der Waals surface area contributed by atoms with Crippen LogP contribution in [0, 0.1) is 5.92 Å². The summed E-state index contributed by atoms with van der Waals surface area (Å²) in [5.41, 5.74) is 13.7. The highest BCUT2D eigenvalue weighted by Gasteiger charge is 2.36. The molecule has 0 spiro atoms. The largest absolute Gasteiger partial charge is 0.309 e. The molecule has 0 N–H and O–H groups in total. The maximum Gasteiger partial charge on any atom is 0.165 e. The quantitative estimate of drug-likeness (QED) is 0.175. The molecule has 3 aromatic heterocycles. The fourth-order valence-electron chi connectivity index (χ4n) is 8.97. The van der Waals surface area contributed by atoms with Gasteiger partial charge in [0.05, 0.1) is 33.3 Å². The minimum atomic E-state index is 0.290. The van der Waals surface area contributed by atoms with Gasteiger partial charge in [-0.1, -0.05) is 121 Å². The van der Waals surface area contributed by atoms with Crippen LogP contribution in [0.2, 0.25) is 0 Å². The smallest absolute Gasteiger partial charge is 0.165 e. The summed E-state index contributed by atoms with van der Waals surface area (Å²) in [5.74, 6) is 1.55. The number of hydrogen-bond donors (Lipinski definition) is 0. The third-order valence-corrected chi connectivity index (χ3v) is 11.2. The Labute approximate surface area is 301 Å². The first-order valence-electron chi connectivity index (χ1n) is 18.2. The van der Waals surface area contributed by atoms with E-state index in [4.69, 9.17) is 9.97 Å². The molecule has 52 heavy (non-hydrogen) atoms. The molecule has 0 saturated heterocycles. The average Bonchev–Trinajstić information content (AvgIpc) is 3.72. The van der Waals surface area contributed by atoms with E-state index in [9.17, 15) is 0 Å². The molecule has 0 saturated carbocycles. The molecule has 2 atom stereocenters. The zero-order chi connectivity index (χ0) is 34.2. The van der Waals surface area contributed by atoms with Gasteiger partial charge in [-0.05, 0) is 84.0 Å². The summed E-state index contributed by atoms with van der Waals surface area (Å²) in [6.07, 6.45) is 9.63. The number of rotatable bonds is 4. The van der Waals surface area contributed by atoms with Gasteiger partial charge in [-0.15, -0.1) is 0 Å². The third-order valence-electron chi connectivity index (χ3n) is 11.2. The highest BCUT2D eigenvalue weighted by atomic mass is 15.1. The Balaban J connectivity index is 1.29. The van der Waals surface area contributed by atoms with Crippen molar-refractivity contribution in [3.05, 3.63) is 181 Å². The minimum Gasteiger partial charge on any atom is -0.309 e. The normalized spacial score (nSPS) is 16.7. The van der Waals surface area contributed by atoms with Gasteiger partial charge in [-0.3, -0.25) is 4.57 Å². The fourth-order valence-corrected chi connectivity index (χ4v) is 8.97. The van der Waals surface area contributed by atoms with E-state index in [2.05, 4.69) is 167 Å². The molecule has 11 rings (SSSR count). The predicted octanol–water partition coefficient (Wildman–Crippen LogP) is 11.9. The number of aromatic nitrogens is 4. The van der Waals surface area contributed by atoms with Crippen LogP contribution >= 0.6 is 0 Å². The first kappa shape index (κ1) is 29.2. The molecule has 2 unspecified atom stereocenters. The van der Waals surface area contributed by atoms with Crippen LogP contribution < -0.4 is 0 Å². The molecule has 246 valence electrons. The van der Waals surface area contributed by atoms with Crippen molar-refractivity contribution in [2.45, 2.75) is 18.8 Å². The van der Waals surface area contributed by atoms with Crippen molar-refractivity contribution in [2.75, 3.05) is 0 Å². The molecule has 0 amide bonds. The number of benzene rings is 6. The van der Waals surface area contributed by atoms with Crippen LogP contribution in [0.5, 0.6) is 0 Å². The van der Waals surface area contributed by atoms with Crippen LogP contribution in [0.15, 0.2) is 164 Å². The molecule has 2 aliphatic rings. The van der Waals surface area contributed by atoms with Gasteiger partial charge in [0.25, 0.3) is 0 Å². The Morgan fingerprint density at radius 3 is 1.98 bits per heavy atom. The highest BCUT2D eigenvalue weighted by Crippen LogP contribution is 2.52.